The quantitative estimate of drug-likeness (QED) is 0.213. The van der Waals surface area contributed by atoms with Crippen LogP contribution in [0.25, 0.3) is 22.2 Å². The topological polar surface area (TPSA) is 156 Å². The van der Waals surface area contributed by atoms with Gasteiger partial charge in [-0.3, -0.25) is 23.9 Å². The number of carbonyl (C=O) groups is 2. The maximum atomic E-state index is 14.7. The Morgan fingerprint density at radius 1 is 1.12 bits per heavy atom. The number of carbonyl (C=O) groups excluding carboxylic acids is 2. The van der Waals surface area contributed by atoms with Crippen LogP contribution in [0.15, 0.2) is 35.8 Å². The van der Waals surface area contributed by atoms with Crippen molar-refractivity contribution in [1.82, 2.24) is 28.6 Å². The summed E-state index contributed by atoms with van der Waals surface area (Å²) >= 11 is 13.6. The third-order valence-corrected chi connectivity index (χ3v) is 12.1. The molecule has 2 aliphatic heterocycles. The number of sulfonamides is 1. The number of amides is 1. The van der Waals surface area contributed by atoms with Gasteiger partial charge in [0.2, 0.25) is 16.0 Å². The summed E-state index contributed by atoms with van der Waals surface area (Å²) in [5.41, 5.74) is 0.143. The molecule has 5 rings (SSSR count). The average Bonchev–Trinajstić information content (AvgIpc) is 3.53. The van der Waals surface area contributed by atoms with Gasteiger partial charge in [0.1, 0.15) is 17.1 Å². The second-order valence-electron chi connectivity index (χ2n) is 12.6. The molecule has 17 heteroatoms. The number of nitrogens with zero attached hydrogens (tertiary/aromatic N) is 6. The van der Waals surface area contributed by atoms with Crippen molar-refractivity contribution in [1.29, 1.82) is 0 Å². The maximum Gasteiger partial charge on any atom is 0.298 e. The van der Waals surface area contributed by atoms with Crippen LogP contribution >= 0.6 is 23.2 Å². The van der Waals surface area contributed by atoms with Crippen molar-refractivity contribution in [2.75, 3.05) is 65.1 Å². The van der Waals surface area contributed by atoms with Gasteiger partial charge in [-0.2, -0.15) is 9.29 Å². The van der Waals surface area contributed by atoms with E-state index >= 15 is 0 Å². The van der Waals surface area contributed by atoms with Gasteiger partial charge in [0.15, 0.2) is 5.78 Å². The Labute approximate surface area is 312 Å². The largest absolute Gasteiger partial charge is 0.495 e. The fraction of sp³-hybridized carbons (Fsp3) is 0.457. The molecule has 0 aliphatic carbocycles. The number of hydrogen-bond acceptors (Lipinski definition) is 11. The molecule has 0 radical (unpaired) electrons. The summed E-state index contributed by atoms with van der Waals surface area (Å²) in [6.45, 7) is 8.41. The number of allylic oxidation sites excluding steroid dienone is 1. The number of nitrogens with one attached hydrogen (secondary N) is 1. The van der Waals surface area contributed by atoms with E-state index < -0.39 is 21.6 Å². The van der Waals surface area contributed by atoms with E-state index in [9.17, 15) is 22.8 Å². The summed E-state index contributed by atoms with van der Waals surface area (Å²) in [7, 11) is 1.25. The van der Waals surface area contributed by atoms with Crippen LogP contribution < -0.4 is 20.3 Å². The SMILES string of the molecule is C=CC(=O)CC1CN(S(=O)(=O)CC)CC1Nc1ncc2cc(-c3c(Cl)c(OC)cc(OC)c3Cl)c(=O)n(CC3CN(C(=O)C#CC)CCN3C)c2n1. The molecule has 2 aliphatic rings. The molecule has 3 aromatic rings. The third-order valence-electron chi connectivity index (χ3n) is 9.53. The Morgan fingerprint density at radius 3 is 2.42 bits per heavy atom. The number of methoxy groups -OCH3 is 2. The van der Waals surface area contributed by atoms with E-state index in [1.807, 2.05) is 7.05 Å². The normalized spacial score (nSPS) is 19.6. The van der Waals surface area contributed by atoms with Crippen molar-refractivity contribution in [3.05, 3.63) is 51.4 Å². The summed E-state index contributed by atoms with van der Waals surface area (Å²) in [5.74, 6) is 4.90. The molecule has 3 unspecified atom stereocenters. The summed E-state index contributed by atoms with van der Waals surface area (Å²) in [6, 6.07) is 2.30. The van der Waals surface area contributed by atoms with Crippen molar-refractivity contribution in [2.45, 2.75) is 38.9 Å². The number of benzene rings is 1. The molecule has 1 amide bonds. The van der Waals surface area contributed by atoms with Gasteiger partial charge < -0.3 is 19.7 Å². The molecule has 0 spiro atoms. The van der Waals surface area contributed by atoms with Crippen LogP contribution in [-0.2, 0) is 26.2 Å². The number of fused-ring (bicyclic) bond motifs is 1. The number of anilines is 1. The van der Waals surface area contributed by atoms with E-state index in [1.165, 1.54) is 35.2 Å². The minimum absolute atomic E-state index is 0.0791. The van der Waals surface area contributed by atoms with E-state index in [0.29, 0.717) is 25.0 Å². The first-order chi connectivity index (χ1) is 24.8. The number of likely N-dealkylation sites (N-methyl/N-ethyl adjacent to an activating group) is 1. The first-order valence-corrected chi connectivity index (χ1v) is 19.0. The first kappa shape index (κ1) is 39.0. The monoisotopic (exact) mass is 773 g/mol. The molecule has 52 heavy (non-hydrogen) atoms. The van der Waals surface area contributed by atoms with Crippen LogP contribution in [0.5, 0.6) is 11.5 Å². The highest BCUT2D eigenvalue weighted by Crippen LogP contribution is 2.45. The average molecular weight is 775 g/mol. The van der Waals surface area contributed by atoms with Crippen molar-refractivity contribution >= 4 is 61.9 Å². The van der Waals surface area contributed by atoms with E-state index in [-0.39, 0.29) is 99.7 Å². The highest BCUT2D eigenvalue weighted by Gasteiger charge is 2.39. The Morgan fingerprint density at radius 2 is 1.81 bits per heavy atom. The molecule has 2 fully saturated rings. The van der Waals surface area contributed by atoms with E-state index in [0.717, 1.165) is 0 Å². The Kier molecular flexibility index (Phi) is 12.2. The lowest BCUT2D eigenvalue weighted by Gasteiger charge is -2.39. The summed E-state index contributed by atoms with van der Waals surface area (Å²) < 4.78 is 39.4. The number of aromatic nitrogens is 3. The third kappa shape index (κ3) is 7.91. The molecule has 1 N–H and O–H groups in total. The van der Waals surface area contributed by atoms with Crippen LogP contribution in [0.1, 0.15) is 20.3 Å². The van der Waals surface area contributed by atoms with Crippen molar-refractivity contribution in [3.8, 4) is 34.5 Å². The Hall–Kier alpha value is -4.20. The minimum Gasteiger partial charge on any atom is -0.495 e. The zero-order valence-corrected chi connectivity index (χ0v) is 31.9. The fourth-order valence-electron chi connectivity index (χ4n) is 6.54. The molecule has 0 saturated carbocycles. The van der Waals surface area contributed by atoms with Gasteiger partial charge in [0.25, 0.3) is 11.5 Å². The van der Waals surface area contributed by atoms with Gasteiger partial charge in [-0.05, 0) is 39.0 Å². The van der Waals surface area contributed by atoms with E-state index in [1.54, 1.807) is 31.0 Å². The molecule has 1 aromatic carbocycles. The number of rotatable bonds is 12. The van der Waals surface area contributed by atoms with Gasteiger partial charge in [-0.25, -0.2) is 13.4 Å². The Balaban J connectivity index is 1.65. The lowest BCUT2D eigenvalue weighted by Crippen LogP contribution is -2.55. The summed E-state index contributed by atoms with van der Waals surface area (Å²) in [4.78, 5) is 52.9. The molecule has 2 aromatic heterocycles. The number of ether oxygens (including phenoxy) is 2. The van der Waals surface area contributed by atoms with Gasteiger partial charge >= 0.3 is 0 Å². The Bertz CT molecular complexity index is 2110. The summed E-state index contributed by atoms with van der Waals surface area (Å²) in [6.07, 6.45) is 2.84. The van der Waals surface area contributed by atoms with Crippen LogP contribution in [0.2, 0.25) is 10.0 Å². The van der Waals surface area contributed by atoms with Crippen molar-refractivity contribution in [3.63, 3.8) is 0 Å². The first-order valence-electron chi connectivity index (χ1n) is 16.6. The molecular weight excluding hydrogens is 733 g/mol. The fourth-order valence-corrected chi connectivity index (χ4v) is 8.42. The molecule has 2 saturated heterocycles. The molecule has 0 bridgehead atoms. The lowest BCUT2D eigenvalue weighted by atomic mass is 9.97. The predicted octanol–water partition coefficient (Wildman–Crippen LogP) is 3.16. The van der Waals surface area contributed by atoms with Gasteiger partial charge in [-0.1, -0.05) is 35.7 Å². The van der Waals surface area contributed by atoms with Crippen LogP contribution in [0, 0.1) is 17.8 Å². The van der Waals surface area contributed by atoms with Crippen LogP contribution in [0.4, 0.5) is 5.95 Å². The highest BCUT2D eigenvalue weighted by atomic mass is 35.5. The predicted molar refractivity (Wildman–Crippen MR) is 201 cm³/mol. The van der Waals surface area contributed by atoms with Crippen molar-refractivity contribution < 1.29 is 27.5 Å². The number of ketones is 1. The zero-order valence-electron chi connectivity index (χ0n) is 29.6. The zero-order chi connectivity index (χ0) is 37.9. The van der Waals surface area contributed by atoms with E-state index in [4.69, 9.17) is 37.7 Å². The highest BCUT2D eigenvalue weighted by molar-refractivity contribution is 7.89. The number of hydrogen-bond donors (Lipinski definition) is 1. The second-order valence-corrected chi connectivity index (χ2v) is 15.6. The number of halogens is 2. The van der Waals surface area contributed by atoms with Crippen molar-refractivity contribution in [2.24, 2.45) is 5.92 Å². The van der Waals surface area contributed by atoms with Gasteiger partial charge in [-0.15, -0.1) is 0 Å². The number of piperazine rings is 1. The standard InChI is InChI=1S/C35H41Cl2N7O7S/c1-7-10-29(46)42-12-11-41(4)23(18-42)19-44-33-21(14-25(34(44)47)30-31(36)27(50-5)15-28(51-6)32(30)37)16-38-35(40-33)39-26-20-43(52(48,49)9-3)17-22(26)13-24(45)8-2/h8,14-16,22-23,26H,2,9,11-13,17-20H2,1,3-6H3,(H,38,39,40). The van der Waals surface area contributed by atoms with Crippen LogP contribution in [-0.4, -0.2) is 121 Å². The lowest BCUT2D eigenvalue weighted by molar-refractivity contribution is -0.127. The molecule has 278 valence electrons. The van der Waals surface area contributed by atoms with Crippen LogP contribution in [0.3, 0.4) is 0 Å². The second kappa shape index (κ2) is 16.2. The molecule has 14 nitrogen and oxygen atoms in total. The van der Waals surface area contributed by atoms with E-state index in [2.05, 4.69) is 33.6 Å². The smallest absolute Gasteiger partial charge is 0.298 e. The van der Waals surface area contributed by atoms with Gasteiger partial charge in [0.05, 0.1) is 35.6 Å². The molecule has 3 atom stereocenters. The summed E-state index contributed by atoms with van der Waals surface area (Å²) in [5, 5.41) is 3.92. The minimum atomic E-state index is -3.54. The number of pyridine rings is 1. The van der Waals surface area contributed by atoms with Gasteiger partial charge in [0, 0.05) is 86.9 Å². The molecular formula is C35H41Cl2N7O7S. The molecule has 4 heterocycles. The maximum absolute atomic E-state index is 14.7.